The van der Waals surface area contributed by atoms with Crippen LogP contribution in [-0.2, 0) is 0 Å². The molecule has 0 aliphatic heterocycles. The fourth-order valence-electron chi connectivity index (χ4n) is 1.94. The van der Waals surface area contributed by atoms with Gasteiger partial charge in [0.2, 0.25) is 0 Å². The maximum absolute atomic E-state index is 12.2. The highest BCUT2D eigenvalue weighted by molar-refractivity contribution is 6.67. The summed E-state index contributed by atoms with van der Waals surface area (Å²) in [7, 11) is 0. The van der Waals surface area contributed by atoms with Crippen molar-refractivity contribution in [1.29, 1.82) is 0 Å². The van der Waals surface area contributed by atoms with E-state index in [-0.39, 0.29) is 17.4 Å². The molecule has 2 rings (SSSR count). The van der Waals surface area contributed by atoms with Gasteiger partial charge in [0.15, 0.2) is 5.78 Å². The first-order chi connectivity index (χ1) is 12.7. The minimum Gasteiger partial charge on any atom is -0.304 e. The molecule has 0 aromatic heterocycles. The molecule has 0 radical (unpaired) electrons. The summed E-state index contributed by atoms with van der Waals surface area (Å²) in [4.78, 5) is 23.4. The Balaban J connectivity index is 0.000000384. The molecule has 2 aromatic rings. The molecule has 0 amide bonds. The third kappa shape index (κ3) is 11.3. The van der Waals surface area contributed by atoms with E-state index >= 15 is 0 Å². The van der Waals surface area contributed by atoms with Crippen LogP contribution in [0, 0.1) is 11.6 Å². The Hall–Kier alpha value is -2.11. The number of nitrogens with zero attached hydrogens (tertiary/aromatic N) is 1. The second kappa shape index (κ2) is 14.0. The van der Waals surface area contributed by atoms with Gasteiger partial charge in [0.1, 0.15) is 11.6 Å². The Morgan fingerprint density at radius 3 is 1.33 bits per heavy atom. The van der Waals surface area contributed by atoms with E-state index in [1.165, 1.54) is 75.1 Å². The lowest BCUT2D eigenvalue weighted by Gasteiger charge is -2.13. The normalized spacial score (nSPS) is 9.63. The smallest absolute Gasteiger partial charge is 0.252 e. The summed E-state index contributed by atoms with van der Waals surface area (Å²) in [6.07, 6.45) is 0. The van der Waals surface area contributed by atoms with E-state index in [0.29, 0.717) is 11.1 Å². The average molecular weight is 398 g/mol. The second-order valence-electron chi connectivity index (χ2n) is 5.46. The van der Waals surface area contributed by atoms with Gasteiger partial charge in [-0.2, -0.15) is 0 Å². The van der Waals surface area contributed by atoms with Crippen LogP contribution < -0.4 is 0 Å². The monoisotopic (exact) mass is 397 g/mol. The molecular weight excluding hydrogens is 372 g/mol. The minimum absolute atomic E-state index is 0.0417. The Bertz CT molecular complexity index is 623. The van der Waals surface area contributed by atoms with E-state index < -0.39 is 5.24 Å². The van der Waals surface area contributed by atoms with Gasteiger partial charge in [-0.15, -0.1) is 0 Å². The molecule has 148 valence electrons. The summed E-state index contributed by atoms with van der Waals surface area (Å²) in [5, 5.41) is -0.569. The second-order valence-corrected chi connectivity index (χ2v) is 5.81. The number of Topliss-reactive ketones (excluding diaryl/α,β-unsaturated/α-hetero) is 1. The van der Waals surface area contributed by atoms with E-state index in [0.717, 1.165) is 0 Å². The van der Waals surface area contributed by atoms with Gasteiger partial charge in [-0.3, -0.25) is 9.59 Å². The summed E-state index contributed by atoms with van der Waals surface area (Å²) in [6.45, 7) is 11.6. The molecule has 3 nitrogen and oxygen atoms in total. The van der Waals surface area contributed by atoms with E-state index in [2.05, 4.69) is 25.7 Å². The first-order valence-corrected chi connectivity index (χ1v) is 9.07. The van der Waals surface area contributed by atoms with Crippen molar-refractivity contribution in [3.05, 3.63) is 71.3 Å². The highest BCUT2D eigenvalue weighted by Crippen LogP contribution is 2.05. The molecule has 0 fully saturated rings. The quantitative estimate of drug-likeness (QED) is 0.488. The zero-order valence-electron chi connectivity index (χ0n) is 16.1. The van der Waals surface area contributed by atoms with Crippen LogP contribution in [0.3, 0.4) is 0 Å². The van der Waals surface area contributed by atoms with Gasteiger partial charge >= 0.3 is 0 Å². The van der Waals surface area contributed by atoms with Crippen molar-refractivity contribution in [3.8, 4) is 0 Å². The van der Waals surface area contributed by atoms with Gasteiger partial charge in [-0.25, -0.2) is 8.78 Å². The molecule has 0 saturated carbocycles. The number of rotatable bonds is 5. The number of benzene rings is 2. The largest absolute Gasteiger partial charge is 0.304 e. The van der Waals surface area contributed by atoms with E-state index in [1.54, 1.807) is 0 Å². The molecule has 0 bridgehead atoms. The lowest BCUT2D eigenvalue weighted by molar-refractivity contribution is 0.101. The van der Waals surface area contributed by atoms with Crippen LogP contribution in [0.25, 0.3) is 0 Å². The van der Waals surface area contributed by atoms with Gasteiger partial charge in [0.05, 0.1) is 0 Å². The molecule has 0 unspecified atom stereocenters. The maximum Gasteiger partial charge on any atom is 0.252 e. The number of ketones is 1. The Morgan fingerprint density at radius 2 is 1.11 bits per heavy atom. The fraction of sp³-hybridized carbons (Fsp3) is 0.333. The Morgan fingerprint density at radius 1 is 0.778 bits per heavy atom. The number of hydrogen-bond acceptors (Lipinski definition) is 3. The number of carbonyl (C=O) groups is 2. The number of hydrogen-bond donors (Lipinski definition) is 0. The fourth-order valence-corrected chi connectivity index (χ4v) is 2.06. The van der Waals surface area contributed by atoms with E-state index in [1.807, 2.05) is 0 Å². The van der Waals surface area contributed by atoms with Gasteiger partial charge in [0.25, 0.3) is 5.24 Å². The third-order valence-electron chi connectivity index (χ3n) is 3.66. The predicted octanol–water partition coefficient (Wildman–Crippen LogP) is 5.58. The van der Waals surface area contributed by atoms with Crippen molar-refractivity contribution in [1.82, 2.24) is 4.90 Å². The third-order valence-corrected chi connectivity index (χ3v) is 3.88. The van der Waals surface area contributed by atoms with Gasteiger partial charge in [-0.1, -0.05) is 20.8 Å². The van der Waals surface area contributed by atoms with Crippen LogP contribution in [0.4, 0.5) is 8.78 Å². The summed E-state index contributed by atoms with van der Waals surface area (Å²) in [6, 6.07) is 10.5. The van der Waals surface area contributed by atoms with Crippen molar-refractivity contribution < 1.29 is 18.4 Å². The maximum atomic E-state index is 12.2. The van der Waals surface area contributed by atoms with Crippen LogP contribution in [0.15, 0.2) is 48.5 Å². The summed E-state index contributed by atoms with van der Waals surface area (Å²) < 4.78 is 24.4. The molecule has 0 aliphatic carbocycles. The van der Waals surface area contributed by atoms with Crippen LogP contribution in [-0.4, -0.2) is 35.6 Å². The van der Waals surface area contributed by atoms with Crippen molar-refractivity contribution in [2.24, 2.45) is 0 Å². The van der Waals surface area contributed by atoms with Crippen LogP contribution in [0.1, 0.15) is 48.4 Å². The molecule has 0 heterocycles. The number of halogens is 3. The van der Waals surface area contributed by atoms with Crippen LogP contribution >= 0.6 is 11.6 Å². The predicted molar refractivity (Wildman–Crippen MR) is 106 cm³/mol. The van der Waals surface area contributed by atoms with E-state index in [4.69, 9.17) is 11.6 Å². The first-order valence-electron chi connectivity index (χ1n) is 8.69. The minimum atomic E-state index is -0.569. The Labute approximate surface area is 165 Å². The van der Waals surface area contributed by atoms with Crippen LogP contribution in [0.2, 0.25) is 0 Å². The SMILES string of the molecule is CC(=O)c1ccc(F)cc1.CCN(CC)CC.O=C(Cl)c1ccc(F)cc1. The lowest BCUT2D eigenvalue weighted by Crippen LogP contribution is -2.21. The van der Waals surface area contributed by atoms with Gasteiger partial charge in [0, 0.05) is 11.1 Å². The summed E-state index contributed by atoms with van der Waals surface area (Å²) in [5.41, 5.74) is 0.851. The summed E-state index contributed by atoms with van der Waals surface area (Å²) in [5.74, 6) is -0.730. The van der Waals surface area contributed by atoms with Crippen molar-refractivity contribution in [2.45, 2.75) is 27.7 Å². The molecule has 0 atom stereocenters. The molecule has 0 aliphatic rings. The molecule has 0 saturated heterocycles. The van der Waals surface area contributed by atoms with E-state index in [9.17, 15) is 18.4 Å². The van der Waals surface area contributed by atoms with Crippen molar-refractivity contribution in [2.75, 3.05) is 19.6 Å². The average Bonchev–Trinajstić information content (AvgIpc) is 2.65. The van der Waals surface area contributed by atoms with Gasteiger partial charge in [-0.05, 0) is 86.7 Å². The first kappa shape index (κ1) is 24.9. The zero-order valence-corrected chi connectivity index (χ0v) is 16.9. The highest BCUT2D eigenvalue weighted by Gasteiger charge is 1.99. The molecular formula is C21H26ClF2NO2. The standard InChI is InChI=1S/C8H7FO.C7H4ClFO.C6H15N/c1-6(10)7-2-4-8(9)5-3-7;8-7(10)5-1-3-6(9)4-2-5;1-4-7(5-2)6-3/h2-5H,1H3;1-4H;4-6H2,1-3H3. The Kier molecular flexibility index (Phi) is 12.9. The molecule has 0 N–H and O–H groups in total. The molecule has 6 heteroatoms. The molecule has 2 aromatic carbocycles. The highest BCUT2D eigenvalue weighted by atomic mass is 35.5. The summed E-state index contributed by atoms with van der Waals surface area (Å²) >= 11 is 5.09. The zero-order chi connectivity index (χ0) is 20.8. The topological polar surface area (TPSA) is 37.4 Å². The van der Waals surface area contributed by atoms with Gasteiger partial charge < -0.3 is 4.90 Å². The lowest BCUT2D eigenvalue weighted by atomic mass is 10.1. The van der Waals surface area contributed by atoms with Crippen molar-refractivity contribution >= 4 is 22.6 Å². The number of carbonyl (C=O) groups excluding carboxylic acids is 2. The molecule has 0 spiro atoms. The van der Waals surface area contributed by atoms with Crippen molar-refractivity contribution in [3.63, 3.8) is 0 Å². The molecule has 27 heavy (non-hydrogen) atoms. The van der Waals surface area contributed by atoms with Crippen LogP contribution in [0.5, 0.6) is 0 Å².